The van der Waals surface area contributed by atoms with Gasteiger partial charge in [0.15, 0.2) is 11.9 Å². The molecular formula is C21H21ClN3O+. The van der Waals surface area contributed by atoms with E-state index in [1.807, 2.05) is 79.2 Å². The number of aryl methyl sites for hydroxylation is 2. The van der Waals surface area contributed by atoms with Gasteiger partial charge in [0.05, 0.1) is 16.4 Å². The van der Waals surface area contributed by atoms with E-state index in [0.717, 1.165) is 22.8 Å². The van der Waals surface area contributed by atoms with E-state index in [9.17, 15) is 4.79 Å². The molecule has 26 heavy (non-hydrogen) atoms. The monoisotopic (exact) mass is 366 g/mol. The van der Waals surface area contributed by atoms with Crippen LogP contribution in [0.15, 0.2) is 66.9 Å². The number of hydrogen-bond acceptors (Lipinski definition) is 2. The molecule has 4 nitrogen and oxygen atoms in total. The lowest BCUT2D eigenvalue weighted by atomic mass is 10.2. The van der Waals surface area contributed by atoms with Gasteiger partial charge in [-0.05, 0) is 31.2 Å². The Morgan fingerprint density at radius 3 is 2.38 bits per heavy atom. The summed E-state index contributed by atoms with van der Waals surface area (Å²) in [5.74, 6) is -0.0985. The molecule has 0 radical (unpaired) electrons. The van der Waals surface area contributed by atoms with Crippen LogP contribution in [0.1, 0.15) is 11.3 Å². The zero-order valence-electron chi connectivity index (χ0n) is 14.8. The van der Waals surface area contributed by atoms with E-state index in [0.29, 0.717) is 5.02 Å². The summed E-state index contributed by atoms with van der Waals surface area (Å²) in [6.07, 6.45) is 1.81. The molecule has 0 aliphatic rings. The Bertz CT molecular complexity index is 923. The zero-order chi connectivity index (χ0) is 18.5. The van der Waals surface area contributed by atoms with Crippen molar-refractivity contribution in [3.63, 3.8) is 0 Å². The van der Waals surface area contributed by atoms with E-state index in [1.54, 1.807) is 6.07 Å². The molecule has 1 heterocycles. The standard InChI is InChI=1S/C21H20ClN3O/c1-15-7-9-18(10-8-15)23-19-5-3-4-6-20(19)24-21(26)14-25-12-11-17(22)13-16(25)2/h3-13,23H,14H2,1-2H3/p+1. The summed E-state index contributed by atoms with van der Waals surface area (Å²) in [4.78, 5) is 12.5. The predicted molar refractivity (Wildman–Crippen MR) is 106 cm³/mol. The maximum absolute atomic E-state index is 12.5. The molecule has 2 aromatic carbocycles. The Morgan fingerprint density at radius 2 is 1.69 bits per heavy atom. The summed E-state index contributed by atoms with van der Waals surface area (Å²) in [7, 11) is 0. The third kappa shape index (κ3) is 4.61. The number of carbonyl (C=O) groups is 1. The Morgan fingerprint density at radius 1 is 1.00 bits per heavy atom. The fourth-order valence-corrected chi connectivity index (χ4v) is 2.84. The maximum Gasteiger partial charge on any atom is 0.290 e. The second-order valence-electron chi connectivity index (χ2n) is 6.20. The van der Waals surface area contributed by atoms with Gasteiger partial charge in [-0.1, -0.05) is 41.4 Å². The first-order valence-electron chi connectivity index (χ1n) is 8.39. The van der Waals surface area contributed by atoms with Crippen LogP contribution in [0.4, 0.5) is 17.1 Å². The van der Waals surface area contributed by atoms with Crippen molar-refractivity contribution in [3.05, 3.63) is 83.1 Å². The Labute approximate surface area is 158 Å². The van der Waals surface area contributed by atoms with E-state index in [-0.39, 0.29) is 12.5 Å². The lowest BCUT2D eigenvalue weighted by Crippen LogP contribution is -2.42. The van der Waals surface area contributed by atoms with Gasteiger partial charge < -0.3 is 10.6 Å². The fourth-order valence-electron chi connectivity index (χ4n) is 2.62. The molecule has 0 atom stereocenters. The number of rotatable bonds is 5. The molecule has 0 spiro atoms. The molecule has 0 saturated carbocycles. The molecule has 0 unspecified atom stereocenters. The second kappa shape index (κ2) is 8.02. The zero-order valence-corrected chi connectivity index (χ0v) is 15.5. The van der Waals surface area contributed by atoms with Crippen molar-refractivity contribution in [1.29, 1.82) is 0 Å². The van der Waals surface area contributed by atoms with Crippen LogP contribution in [-0.2, 0) is 11.3 Å². The molecule has 0 aliphatic heterocycles. The normalized spacial score (nSPS) is 10.4. The minimum Gasteiger partial charge on any atom is -0.354 e. The number of para-hydroxylation sites is 2. The summed E-state index contributed by atoms with van der Waals surface area (Å²) >= 11 is 5.97. The van der Waals surface area contributed by atoms with Gasteiger partial charge in [-0.2, -0.15) is 4.57 Å². The van der Waals surface area contributed by atoms with Gasteiger partial charge in [0.2, 0.25) is 6.54 Å². The Kier molecular flexibility index (Phi) is 5.54. The van der Waals surface area contributed by atoms with E-state index in [2.05, 4.69) is 10.6 Å². The van der Waals surface area contributed by atoms with Crippen molar-refractivity contribution >= 4 is 34.6 Å². The minimum atomic E-state index is -0.0985. The quantitative estimate of drug-likeness (QED) is 0.647. The van der Waals surface area contributed by atoms with Crippen LogP contribution in [0, 0.1) is 13.8 Å². The number of nitrogens with zero attached hydrogens (tertiary/aromatic N) is 1. The molecule has 5 heteroatoms. The average Bonchev–Trinajstić information content (AvgIpc) is 2.61. The van der Waals surface area contributed by atoms with Crippen molar-refractivity contribution in [2.45, 2.75) is 20.4 Å². The summed E-state index contributed by atoms with van der Waals surface area (Å²) in [5.41, 5.74) is 4.69. The first-order chi connectivity index (χ1) is 12.5. The van der Waals surface area contributed by atoms with Crippen LogP contribution in [0.5, 0.6) is 0 Å². The molecule has 0 aliphatic carbocycles. The maximum atomic E-state index is 12.5. The number of amides is 1. The number of nitrogens with one attached hydrogen (secondary N) is 2. The predicted octanol–water partition coefficient (Wildman–Crippen LogP) is 4.63. The highest BCUT2D eigenvalue weighted by Gasteiger charge is 2.14. The molecule has 0 saturated heterocycles. The van der Waals surface area contributed by atoms with Gasteiger partial charge in [-0.25, -0.2) is 0 Å². The van der Waals surface area contributed by atoms with Crippen LogP contribution < -0.4 is 15.2 Å². The van der Waals surface area contributed by atoms with Gasteiger partial charge in [0.1, 0.15) is 0 Å². The molecule has 1 amide bonds. The van der Waals surface area contributed by atoms with Crippen molar-refractivity contribution in [3.8, 4) is 0 Å². The Hall–Kier alpha value is -2.85. The highest BCUT2D eigenvalue weighted by atomic mass is 35.5. The van der Waals surface area contributed by atoms with Crippen LogP contribution in [0.2, 0.25) is 5.02 Å². The number of hydrogen-bond donors (Lipinski definition) is 2. The summed E-state index contributed by atoms with van der Waals surface area (Å²) in [6, 6.07) is 19.4. The van der Waals surface area contributed by atoms with Gasteiger partial charge in [0.25, 0.3) is 5.91 Å². The fraction of sp³-hybridized carbons (Fsp3) is 0.143. The number of benzene rings is 2. The summed E-state index contributed by atoms with van der Waals surface area (Å²) in [6.45, 7) is 4.20. The summed E-state index contributed by atoms with van der Waals surface area (Å²) in [5, 5.41) is 6.99. The second-order valence-corrected chi connectivity index (χ2v) is 6.64. The molecule has 3 aromatic rings. The molecule has 0 fully saturated rings. The highest BCUT2D eigenvalue weighted by molar-refractivity contribution is 6.30. The molecule has 2 N–H and O–H groups in total. The first-order valence-corrected chi connectivity index (χ1v) is 8.77. The number of halogens is 1. The van der Waals surface area contributed by atoms with E-state index < -0.39 is 0 Å². The number of pyridine rings is 1. The molecule has 1 aromatic heterocycles. The lowest BCUT2D eigenvalue weighted by Gasteiger charge is -2.13. The lowest BCUT2D eigenvalue weighted by molar-refractivity contribution is -0.690. The minimum absolute atomic E-state index is 0.0985. The van der Waals surface area contributed by atoms with E-state index in [4.69, 9.17) is 11.6 Å². The SMILES string of the molecule is Cc1ccc(Nc2ccccc2NC(=O)C[n+]2ccc(Cl)cc2C)cc1. The topological polar surface area (TPSA) is 45.0 Å². The summed E-state index contributed by atoms with van der Waals surface area (Å²) < 4.78 is 1.86. The number of anilines is 3. The van der Waals surface area contributed by atoms with Gasteiger partial charge in [-0.3, -0.25) is 4.79 Å². The third-order valence-corrected chi connectivity index (χ3v) is 4.29. The van der Waals surface area contributed by atoms with Crippen molar-refractivity contribution in [2.24, 2.45) is 0 Å². The van der Waals surface area contributed by atoms with Crippen molar-refractivity contribution < 1.29 is 9.36 Å². The van der Waals surface area contributed by atoms with Crippen LogP contribution in [0.25, 0.3) is 0 Å². The largest absolute Gasteiger partial charge is 0.354 e. The van der Waals surface area contributed by atoms with Crippen LogP contribution in [0.3, 0.4) is 0 Å². The first kappa shape index (κ1) is 18.0. The van der Waals surface area contributed by atoms with E-state index in [1.165, 1.54) is 5.56 Å². The average molecular weight is 367 g/mol. The van der Waals surface area contributed by atoms with Crippen molar-refractivity contribution in [2.75, 3.05) is 10.6 Å². The van der Waals surface area contributed by atoms with Gasteiger partial charge in [0, 0.05) is 24.7 Å². The van der Waals surface area contributed by atoms with Crippen LogP contribution >= 0.6 is 11.6 Å². The Balaban J connectivity index is 1.73. The molecule has 3 rings (SSSR count). The highest BCUT2D eigenvalue weighted by Crippen LogP contribution is 2.25. The van der Waals surface area contributed by atoms with Crippen LogP contribution in [-0.4, -0.2) is 5.91 Å². The number of aromatic nitrogens is 1. The molecular weight excluding hydrogens is 346 g/mol. The third-order valence-electron chi connectivity index (χ3n) is 4.06. The van der Waals surface area contributed by atoms with Crippen molar-refractivity contribution in [1.82, 2.24) is 0 Å². The van der Waals surface area contributed by atoms with Gasteiger partial charge in [-0.15, -0.1) is 0 Å². The molecule has 132 valence electrons. The molecule has 0 bridgehead atoms. The van der Waals surface area contributed by atoms with E-state index >= 15 is 0 Å². The van der Waals surface area contributed by atoms with Gasteiger partial charge >= 0.3 is 0 Å². The smallest absolute Gasteiger partial charge is 0.290 e. The number of carbonyl (C=O) groups excluding carboxylic acids is 1.